The van der Waals surface area contributed by atoms with E-state index in [4.69, 9.17) is 9.47 Å². The molecule has 0 aliphatic carbocycles. The lowest BCUT2D eigenvalue weighted by molar-refractivity contribution is 0.0423. The minimum absolute atomic E-state index is 0.489. The molecule has 1 atom stereocenters. The van der Waals surface area contributed by atoms with Gasteiger partial charge in [-0.25, -0.2) is 0 Å². The predicted molar refractivity (Wildman–Crippen MR) is 57.2 cm³/mol. The third-order valence-electron chi connectivity index (χ3n) is 2.73. The van der Waals surface area contributed by atoms with Gasteiger partial charge in [-0.15, -0.1) is 0 Å². The highest BCUT2D eigenvalue weighted by Crippen LogP contribution is 2.39. The number of hydrogen-bond donors (Lipinski definition) is 1. The van der Waals surface area contributed by atoms with Crippen LogP contribution in [0.5, 0.6) is 11.5 Å². The van der Waals surface area contributed by atoms with Crippen molar-refractivity contribution in [1.82, 2.24) is 0 Å². The maximum Gasteiger partial charge on any atom is 0.129 e. The first-order valence-corrected chi connectivity index (χ1v) is 4.87. The van der Waals surface area contributed by atoms with E-state index in [1.807, 2.05) is 12.1 Å². The summed E-state index contributed by atoms with van der Waals surface area (Å²) >= 11 is 0. The van der Waals surface area contributed by atoms with E-state index in [0.717, 1.165) is 11.3 Å². The smallest absolute Gasteiger partial charge is 0.129 e. The third-order valence-corrected chi connectivity index (χ3v) is 2.73. The Hall–Kier alpha value is -1.48. The normalized spacial score (nSPS) is 23.9. The fourth-order valence-corrected chi connectivity index (χ4v) is 1.77. The number of rotatable bonds is 2. The van der Waals surface area contributed by atoms with Gasteiger partial charge in [0.15, 0.2) is 0 Å². The molecule has 15 heavy (non-hydrogen) atoms. The lowest BCUT2D eigenvalue weighted by Gasteiger charge is -2.31. The molecular weight excluding hydrogens is 192 g/mol. The molecule has 80 valence electrons. The minimum atomic E-state index is -0.972. The molecule has 1 aliphatic heterocycles. The Labute approximate surface area is 88.9 Å². The quantitative estimate of drug-likeness (QED) is 0.750. The Kier molecular flexibility index (Phi) is 2.40. The van der Waals surface area contributed by atoms with Crippen molar-refractivity contribution in [2.24, 2.45) is 0 Å². The molecule has 0 aromatic heterocycles. The van der Waals surface area contributed by atoms with Gasteiger partial charge >= 0.3 is 0 Å². The van der Waals surface area contributed by atoms with Crippen molar-refractivity contribution in [2.75, 3.05) is 13.7 Å². The van der Waals surface area contributed by atoms with Gasteiger partial charge in [-0.05, 0) is 12.1 Å². The molecule has 1 heterocycles. The Morgan fingerprint density at radius 1 is 1.60 bits per heavy atom. The van der Waals surface area contributed by atoms with Crippen LogP contribution in [0.4, 0.5) is 0 Å². The van der Waals surface area contributed by atoms with Gasteiger partial charge in [0.05, 0.1) is 13.7 Å². The van der Waals surface area contributed by atoms with Gasteiger partial charge in [-0.1, -0.05) is 12.7 Å². The molecule has 0 unspecified atom stereocenters. The van der Waals surface area contributed by atoms with E-state index < -0.39 is 5.60 Å². The molecule has 3 heteroatoms. The summed E-state index contributed by atoms with van der Waals surface area (Å²) in [5.41, 5.74) is -0.218. The second kappa shape index (κ2) is 3.59. The molecule has 0 saturated heterocycles. The number of benzene rings is 1. The number of aliphatic hydroxyl groups is 1. The van der Waals surface area contributed by atoms with Gasteiger partial charge in [0.1, 0.15) is 17.1 Å². The van der Waals surface area contributed by atoms with Gasteiger partial charge in [-0.3, -0.25) is 0 Å². The Balaban J connectivity index is 2.49. The summed E-state index contributed by atoms with van der Waals surface area (Å²) in [4.78, 5) is 0. The maximum atomic E-state index is 10.3. The van der Waals surface area contributed by atoms with Crippen LogP contribution in [0, 0.1) is 0 Å². The van der Waals surface area contributed by atoms with Crippen LogP contribution in [0.2, 0.25) is 0 Å². The van der Waals surface area contributed by atoms with Gasteiger partial charge in [0, 0.05) is 18.1 Å². The second-order valence-corrected chi connectivity index (χ2v) is 3.59. The Morgan fingerprint density at radius 2 is 2.40 bits per heavy atom. The average molecular weight is 206 g/mol. The molecule has 1 N–H and O–H groups in total. The van der Waals surface area contributed by atoms with E-state index in [-0.39, 0.29) is 0 Å². The molecule has 0 radical (unpaired) electrons. The number of ether oxygens (including phenoxy) is 2. The van der Waals surface area contributed by atoms with Crippen LogP contribution in [0.1, 0.15) is 12.0 Å². The fraction of sp³-hybridized carbons (Fsp3) is 0.333. The lowest BCUT2D eigenvalue weighted by Crippen LogP contribution is -2.30. The number of fused-ring (bicyclic) bond motifs is 1. The first-order chi connectivity index (χ1) is 7.19. The molecule has 0 amide bonds. The molecular formula is C12H14O3. The summed E-state index contributed by atoms with van der Waals surface area (Å²) in [7, 11) is 1.60. The maximum absolute atomic E-state index is 10.3. The van der Waals surface area contributed by atoms with Gasteiger partial charge in [0.2, 0.25) is 0 Å². The molecule has 1 aliphatic rings. The van der Waals surface area contributed by atoms with E-state index in [2.05, 4.69) is 6.58 Å². The van der Waals surface area contributed by atoms with Crippen LogP contribution < -0.4 is 9.47 Å². The summed E-state index contributed by atoms with van der Waals surface area (Å²) in [6, 6.07) is 5.40. The van der Waals surface area contributed by atoms with E-state index in [9.17, 15) is 5.11 Å². The highest BCUT2D eigenvalue weighted by Gasteiger charge is 2.32. The topological polar surface area (TPSA) is 38.7 Å². The fourth-order valence-electron chi connectivity index (χ4n) is 1.77. The van der Waals surface area contributed by atoms with E-state index >= 15 is 0 Å². The SMILES string of the molecule is C=C[C@]1(O)CCOc2cc(OC)ccc21. The monoisotopic (exact) mass is 206 g/mol. The highest BCUT2D eigenvalue weighted by molar-refractivity contribution is 5.46. The van der Waals surface area contributed by atoms with Gasteiger partial charge in [-0.2, -0.15) is 0 Å². The van der Waals surface area contributed by atoms with Gasteiger partial charge in [0.25, 0.3) is 0 Å². The molecule has 0 spiro atoms. The van der Waals surface area contributed by atoms with Crippen molar-refractivity contribution < 1.29 is 14.6 Å². The molecule has 0 fully saturated rings. The van der Waals surface area contributed by atoms with Crippen molar-refractivity contribution in [2.45, 2.75) is 12.0 Å². The number of hydrogen-bond acceptors (Lipinski definition) is 3. The summed E-state index contributed by atoms with van der Waals surface area (Å²) in [5.74, 6) is 1.39. The highest BCUT2D eigenvalue weighted by atomic mass is 16.5. The van der Waals surface area contributed by atoms with Crippen LogP contribution >= 0.6 is 0 Å². The summed E-state index contributed by atoms with van der Waals surface area (Å²) in [6.45, 7) is 4.15. The van der Waals surface area contributed by atoms with Crippen LogP contribution in [0.15, 0.2) is 30.9 Å². The van der Waals surface area contributed by atoms with Crippen molar-refractivity contribution in [3.63, 3.8) is 0 Å². The van der Waals surface area contributed by atoms with Crippen molar-refractivity contribution >= 4 is 0 Å². The largest absolute Gasteiger partial charge is 0.497 e. The standard InChI is InChI=1S/C12H14O3/c1-3-12(13)6-7-15-11-8-9(14-2)4-5-10(11)12/h3-5,8,13H,1,6-7H2,2H3/t12-/m0/s1. The first kappa shape index (κ1) is 10.1. The minimum Gasteiger partial charge on any atom is -0.497 e. The Morgan fingerprint density at radius 3 is 3.07 bits per heavy atom. The third kappa shape index (κ3) is 1.59. The van der Waals surface area contributed by atoms with Crippen molar-refractivity contribution in [1.29, 1.82) is 0 Å². The molecule has 1 aromatic carbocycles. The lowest BCUT2D eigenvalue weighted by atomic mass is 9.88. The second-order valence-electron chi connectivity index (χ2n) is 3.59. The van der Waals surface area contributed by atoms with Crippen LogP contribution in [0.25, 0.3) is 0 Å². The average Bonchev–Trinajstić information content (AvgIpc) is 2.29. The van der Waals surface area contributed by atoms with E-state index in [1.165, 1.54) is 0 Å². The molecule has 0 bridgehead atoms. The Bertz CT molecular complexity index is 386. The molecule has 0 saturated carbocycles. The molecule has 3 nitrogen and oxygen atoms in total. The van der Waals surface area contributed by atoms with Crippen LogP contribution in [-0.4, -0.2) is 18.8 Å². The molecule has 2 rings (SSSR count). The zero-order valence-corrected chi connectivity index (χ0v) is 8.69. The van der Waals surface area contributed by atoms with E-state index in [0.29, 0.717) is 18.8 Å². The van der Waals surface area contributed by atoms with Crippen molar-refractivity contribution in [3.05, 3.63) is 36.4 Å². The molecule has 1 aromatic rings. The van der Waals surface area contributed by atoms with Crippen LogP contribution in [0.3, 0.4) is 0 Å². The van der Waals surface area contributed by atoms with E-state index in [1.54, 1.807) is 19.3 Å². The summed E-state index contributed by atoms with van der Waals surface area (Å²) in [6.07, 6.45) is 2.09. The van der Waals surface area contributed by atoms with Crippen LogP contribution in [-0.2, 0) is 5.60 Å². The predicted octanol–water partition coefficient (Wildman–Crippen LogP) is 1.85. The van der Waals surface area contributed by atoms with Gasteiger partial charge < -0.3 is 14.6 Å². The zero-order chi connectivity index (χ0) is 10.9. The van der Waals surface area contributed by atoms with Crippen molar-refractivity contribution in [3.8, 4) is 11.5 Å². The zero-order valence-electron chi connectivity index (χ0n) is 8.69. The summed E-state index contributed by atoms with van der Waals surface area (Å²) in [5, 5.41) is 10.3. The summed E-state index contributed by atoms with van der Waals surface area (Å²) < 4.78 is 10.6. The first-order valence-electron chi connectivity index (χ1n) is 4.87. The number of methoxy groups -OCH3 is 1.